The number of aryl methyl sites for hydroxylation is 2. The molecule has 0 aliphatic carbocycles. The maximum atomic E-state index is 13.5. The Balaban J connectivity index is 1.35. The highest BCUT2D eigenvalue weighted by atomic mass is 35.5. The van der Waals surface area contributed by atoms with E-state index in [1.165, 1.54) is 22.7 Å². The molecule has 1 N–H and O–H groups in total. The Hall–Kier alpha value is -2.75. The summed E-state index contributed by atoms with van der Waals surface area (Å²) in [5, 5.41) is 6.43. The first-order chi connectivity index (χ1) is 15.9. The molecule has 1 fully saturated rings. The second-order valence-corrected chi connectivity index (χ2v) is 10.5. The van der Waals surface area contributed by atoms with Crippen LogP contribution in [-0.4, -0.2) is 50.2 Å². The molecule has 1 atom stereocenters. The number of benzene rings is 1. The van der Waals surface area contributed by atoms with Crippen molar-refractivity contribution in [1.82, 2.24) is 24.6 Å². The van der Waals surface area contributed by atoms with E-state index in [1.54, 1.807) is 4.90 Å². The van der Waals surface area contributed by atoms with Gasteiger partial charge in [0.2, 0.25) is 0 Å². The second kappa shape index (κ2) is 8.89. The maximum absolute atomic E-state index is 13.5. The number of thiazole rings is 2. The topological polar surface area (TPSA) is 79.6 Å². The molecule has 1 saturated heterocycles. The summed E-state index contributed by atoms with van der Waals surface area (Å²) in [5.74, 6) is -0.298. The van der Waals surface area contributed by atoms with Crippen molar-refractivity contribution < 1.29 is 9.59 Å². The number of rotatable bonds is 4. The second-order valence-electron chi connectivity index (χ2n) is 8.06. The Kier molecular flexibility index (Phi) is 5.94. The first-order valence-electron chi connectivity index (χ1n) is 10.7. The summed E-state index contributed by atoms with van der Waals surface area (Å²) in [5.41, 5.74) is 2.48. The molecule has 7 nitrogen and oxygen atoms in total. The van der Waals surface area contributed by atoms with Gasteiger partial charge < -0.3 is 10.2 Å². The van der Waals surface area contributed by atoms with Crippen LogP contribution >= 0.6 is 34.3 Å². The third kappa shape index (κ3) is 4.16. The highest BCUT2D eigenvalue weighted by molar-refractivity contribution is 7.15. The molecule has 10 heteroatoms. The fourth-order valence-electron chi connectivity index (χ4n) is 4.25. The Morgan fingerprint density at radius 3 is 2.85 bits per heavy atom. The Morgan fingerprint density at radius 1 is 1.21 bits per heavy atom. The molecule has 4 heterocycles. The number of carbonyl (C=O) groups excluding carboxylic acids is 2. The normalized spacial score (nSPS) is 16.3. The molecule has 0 unspecified atom stereocenters. The summed E-state index contributed by atoms with van der Waals surface area (Å²) in [6.07, 6.45) is 3.47. The monoisotopic (exact) mass is 499 g/mol. The molecule has 3 aromatic heterocycles. The Morgan fingerprint density at radius 2 is 2.03 bits per heavy atom. The lowest BCUT2D eigenvalue weighted by Gasteiger charge is -2.33. The van der Waals surface area contributed by atoms with Gasteiger partial charge in [-0.1, -0.05) is 29.8 Å². The molecule has 1 aliphatic heterocycles. The van der Waals surface area contributed by atoms with E-state index in [9.17, 15) is 9.59 Å². The van der Waals surface area contributed by atoms with Gasteiger partial charge in [0.1, 0.15) is 11.4 Å². The molecule has 5 rings (SSSR count). The van der Waals surface area contributed by atoms with E-state index in [0.717, 1.165) is 33.3 Å². The van der Waals surface area contributed by atoms with Crippen LogP contribution < -0.4 is 5.32 Å². The first-order valence-corrected chi connectivity index (χ1v) is 12.7. The molecule has 1 aromatic carbocycles. The van der Waals surface area contributed by atoms with Crippen molar-refractivity contribution in [2.45, 2.75) is 32.7 Å². The van der Waals surface area contributed by atoms with Gasteiger partial charge in [0.15, 0.2) is 4.96 Å². The highest BCUT2D eigenvalue weighted by Crippen LogP contribution is 2.35. The van der Waals surface area contributed by atoms with E-state index >= 15 is 0 Å². The standard InChI is InChI=1S/C23H22ClN5O2S2/c1-13-19(29-10-11-32-23(29)25-13)21(30)27-15-6-5-9-28(12-15)22(31)18-20(33-14(2)26-18)16-7-3-4-8-17(16)24/h3-4,7-8,10-11,15H,5-6,9,12H2,1-2H3,(H,27,30)/t15-/m1/s1. The zero-order chi connectivity index (χ0) is 23.1. The molecule has 0 radical (unpaired) electrons. The zero-order valence-corrected chi connectivity index (χ0v) is 20.6. The largest absolute Gasteiger partial charge is 0.346 e. The minimum atomic E-state index is -0.168. The van der Waals surface area contributed by atoms with Crippen LogP contribution in [0.4, 0.5) is 0 Å². The average Bonchev–Trinajstić information content (AvgIpc) is 3.47. The van der Waals surface area contributed by atoms with E-state index in [0.29, 0.717) is 35.2 Å². The molecule has 1 aliphatic rings. The lowest BCUT2D eigenvalue weighted by molar-refractivity contribution is 0.0671. The number of fused-ring (bicyclic) bond motifs is 1. The summed E-state index contributed by atoms with van der Waals surface area (Å²) >= 11 is 9.37. The van der Waals surface area contributed by atoms with E-state index in [-0.39, 0.29) is 17.9 Å². The van der Waals surface area contributed by atoms with Crippen molar-refractivity contribution in [3.63, 3.8) is 0 Å². The molecule has 0 spiro atoms. The Labute approximate surface area is 204 Å². The van der Waals surface area contributed by atoms with Gasteiger partial charge in [0.25, 0.3) is 11.8 Å². The number of nitrogens with zero attached hydrogens (tertiary/aromatic N) is 4. The molecular formula is C23H22ClN5O2S2. The molecule has 4 aromatic rings. The molecule has 2 amide bonds. The molecule has 33 heavy (non-hydrogen) atoms. The van der Waals surface area contributed by atoms with Gasteiger partial charge in [-0.3, -0.25) is 14.0 Å². The van der Waals surface area contributed by atoms with Gasteiger partial charge in [-0.2, -0.15) is 0 Å². The van der Waals surface area contributed by atoms with Crippen molar-refractivity contribution >= 4 is 51.0 Å². The number of imidazole rings is 1. The first kappa shape index (κ1) is 22.1. The number of aromatic nitrogens is 3. The van der Waals surface area contributed by atoms with Gasteiger partial charge >= 0.3 is 0 Å². The summed E-state index contributed by atoms with van der Waals surface area (Å²) < 4.78 is 1.81. The van der Waals surface area contributed by atoms with Crippen LogP contribution in [0.25, 0.3) is 15.4 Å². The number of halogens is 1. The number of hydrogen-bond donors (Lipinski definition) is 1. The quantitative estimate of drug-likeness (QED) is 0.436. The third-order valence-corrected chi connectivity index (χ3v) is 7.84. The van der Waals surface area contributed by atoms with E-state index in [4.69, 9.17) is 11.6 Å². The van der Waals surface area contributed by atoms with Gasteiger partial charge in [0, 0.05) is 41.3 Å². The molecule has 0 bridgehead atoms. The lowest BCUT2D eigenvalue weighted by atomic mass is 10.0. The van der Waals surface area contributed by atoms with E-state index in [1.807, 2.05) is 54.1 Å². The smallest absolute Gasteiger partial charge is 0.274 e. The fourth-order valence-corrected chi connectivity index (χ4v) is 6.25. The number of nitrogens with one attached hydrogen (secondary N) is 1. The Bertz CT molecular complexity index is 1360. The number of carbonyl (C=O) groups is 2. The van der Waals surface area contributed by atoms with Crippen molar-refractivity contribution in [3.8, 4) is 10.4 Å². The van der Waals surface area contributed by atoms with Crippen molar-refractivity contribution in [1.29, 1.82) is 0 Å². The molecular weight excluding hydrogens is 478 g/mol. The van der Waals surface area contributed by atoms with Crippen LogP contribution in [0.1, 0.15) is 44.5 Å². The van der Waals surface area contributed by atoms with Crippen LogP contribution in [0.2, 0.25) is 5.02 Å². The van der Waals surface area contributed by atoms with Crippen LogP contribution in [-0.2, 0) is 0 Å². The van der Waals surface area contributed by atoms with Gasteiger partial charge in [-0.15, -0.1) is 22.7 Å². The van der Waals surface area contributed by atoms with Crippen molar-refractivity contribution in [2.24, 2.45) is 0 Å². The van der Waals surface area contributed by atoms with Gasteiger partial charge in [0.05, 0.1) is 15.6 Å². The molecule has 170 valence electrons. The third-order valence-electron chi connectivity index (χ3n) is 5.75. The summed E-state index contributed by atoms with van der Waals surface area (Å²) in [4.78, 5) is 38.9. The predicted octanol–water partition coefficient (Wildman–Crippen LogP) is 4.82. The number of amides is 2. The van der Waals surface area contributed by atoms with Crippen LogP contribution in [0.5, 0.6) is 0 Å². The predicted molar refractivity (Wildman–Crippen MR) is 131 cm³/mol. The highest BCUT2D eigenvalue weighted by Gasteiger charge is 2.30. The van der Waals surface area contributed by atoms with Crippen molar-refractivity contribution in [2.75, 3.05) is 13.1 Å². The number of piperidine rings is 1. The minimum absolute atomic E-state index is 0.131. The van der Waals surface area contributed by atoms with Crippen molar-refractivity contribution in [3.05, 3.63) is 63.0 Å². The maximum Gasteiger partial charge on any atom is 0.274 e. The van der Waals surface area contributed by atoms with Gasteiger partial charge in [-0.05, 0) is 32.8 Å². The fraction of sp³-hybridized carbons (Fsp3) is 0.304. The number of hydrogen-bond acceptors (Lipinski definition) is 6. The number of likely N-dealkylation sites (tertiary alicyclic amines) is 1. The summed E-state index contributed by atoms with van der Waals surface area (Å²) in [7, 11) is 0. The average molecular weight is 500 g/mol. The summed E-state index contributed by atoms with van der Waals surface area (Å²) in [6.45, 7) is 4.80. The van der Waals surface area contributed by atoms with Crippen LogP contribution in [0, 0.1) is 13.8 Å². The minimum Gasteiger partial charge on any atom is -0.346 e. The van der Waals surface area contributed by atoms with Gasteiger partial charge in [-0.25, -0.2) is 9.97 Å². The SMILES string of the molecule is Cc1nc(C(=O)N2CCC[C@@H](NC(=O)c3c(C)nc4sccn34)C2)c(-c2ccccc2Cl)s1. The molecule has 0 saturated carbocycles. The van der Waals surface area contributed by atoms with E-state index < -0.39 is 0 Å². The van der Waals surface area contributed by atoms with E-state index in [2.05, 4.69) is 15.3 Å². The van der Waals surface area contributed by atoms with Crippen LogP contribution in [0.3, 0.4) is 0 Å². The van der Waals surface area contributed by atoms with Crippen LogP contribution in [0.15, 0.2) is 35.8 Å². The zero-order valence-electron chi connectivity index (χ0n) is 18.2. The lowest BCUT2D eigenvalue weighted by Crippen LogP contribution is -2.50. The summed E-state index contributed by atoms with van der Waals surface area (Å²) in [6, 6.07) is 7.35.